The molecule has 0 bridgehead atoms. The van der Waals surface area contributed by atoms with Gasteiger partial charge in [-0.15, -0.1) is 0 Å². The number of methoxy groups -OCH3 is 2. The summed E-state index contributed by atoms with van der Waals surface area (Å²) in [7, 11) is 1.89. The maximum Gasteiger partial charge on any atom is 0.432 e. The average molecular weight is 448 g/mol. The summed E-state index contributed by atoms with van der Waals surface area (Å²) in [6.07, 6.45) is -5.35. The Balaban J connectivity index is 1.85. The summed E-state index contributed by atoms with van der Waals surface area (Å²) in [5.41, 5.74) is -4.21. The van der Waals surface area contributed by atoms with Gasteiger partial charge in [-0.05, 0) is 35.0 Å². The van der Waals surface area contributed by atoms with Crippen molar-refractivity contribution >= 4 is 34.1 Å². The minimum Gasteiger partial charge on any atom is -0.495 e. The van der Waals surface area contributed by atoms with Crippen molar-refractivity contribution in [2.45, 2.75) is 11.8 Å². The summed E-state index contributed by atoms with van der Waals surface area (Å²) in [4.78, 5) is 24.1. The number of halogens is 3. The van der Waals surface area contributed by atoms with Crippen LogP contribution in [0.1, 0.15) is 5.56 Å². The summed E-state index contributed by atoms with van der Waals surface area (Å²) in [5, 5.41) is 17.1. The maximum absolute atomic E-state index is 13.5. The number of ether oxygens (including phenoxy) is 2. The second-order valence-corrected chi connectivity index (χ2v) is 6.76. The predicted octanol–water partition coefficient (Wildman–Crippen LogP) is 4.42. The fraction of sp³-hybridized carbons (Fsp3) is 0.182. The lowest BCUT2D eigenvalue weighted by atomic mass is 9.92. The topological polar surface area (TPSA) is 96.9 Å². The number of aliphatic hydroxyl groups is 1. The Kier molecular flexibility index (Phi) is 6.26. The second-order valence-electron chi connectivity index (χ2n) is 6.76. The van der Waals surface area contributed by atoms with Crippen LogP contribution in [0, 0.1) is 0 Å². The molecule has 0 saturated carbocycles. The molecular formula is C22H19F3N2O5. The first-order valence-corrected chi connectivity index (χ1v) is 9.23. The summed E-state index contributed by atoms with van der Waals surface area (Å²) < 4.78 is 49.5. The van der Waals surface area contributed by atoms with Gasteiger partial charge < -0.3 is 25.2 Å². The maximum atomic E-state index is 13.5. The standard InChI is InChI=1S/C22H19F3N2O5/c1-31-18-12-15(21(30,19(28)32-2)22(23,24)25)8-10-17(18)27-20(29)26-16-9-7-13-5-3-4-6-14(13)11-16/h3-12,30H,1-2H3,(H2,26,27,29)/t21-/m0/s1. The van der Waals surface area contributed by atoms with E-state index in [0.717, 1.165) is 43.2 Å². The molecule has 32 heavy (non-hydrogen) atoms. The monoisotopic (exact) mass is 448 g/mol. The van der Waals surface area contributed by atoms with Crippen molar-refractivity contribution < 1.29 is 37.3 Å². The van der Waals surface area contributed by atoms with Gasteiger partial charge in [0, 0.05) is 11.3 Å². The van der Waals surface area contributed by atoms with E-state index in [2.05, 4.69) is 15.4 Å². The number of benzene rings is 3. The summed E-state index contributed by atoms with van der Waals surface area (Å²) >= 11 is 0. The Morgan fingerprint density at radius 1 is 0.906 bits per heavy atom. The average Bonchev–Trinajstić information content (AvgIpc) is 2.77. The van der Waals surface area contributed by atoms with Crippen molar-refractivity contribution in [1.29, 1.82) is 0 Å². The summed E-state index contributed by atoms with van der Waals surface area (Å²) in [6.45, 7) is 0. The van der Waals surface area contributed by atoms with E-state index in [4.69, 9.17) is 4.74 Å². The van der Waals surface area contributed by atoms with Gasteiger partial charge in [-0.25, -0.2) is 9.59 Å². The largest absolute Gasteiger partial charge is 0.495 e. The molecule has 7 nitrogen and oxygen atoms in total. The number of alkyl halides is 3. The van der Waals surface area contributed by atoms with E-state index in [1.807, 2.05) is 30.3 Å². The smallest absolute Gasteiger partial charge is 0.432 e. The van der Waals surface area contributed by atoms with E-state index >= 15 is 0 Å². The van der Waals surface area contributed by atoms with E-state index in [1.54, 1.807) is 12.1 Å². The molecule has 1 atom stereocenters. The molecular weight excluding hydrogens is 429 g/mol. The zero-order valence-electron chi connectivity index (χ0n) is 17.0. The van der Waals surface area contributed by atoms with Crippen LogP contribution in [-0.4, -0.2) is 37.5 Å². The van der Waals surface area contributed by atoms with Gasteiger partial charge in [0.15, 0.2) is 0 Å². The SMILES string of the molecule is COC(=O)[C@@](O)(c1ccc(NC(=O)Nc2ccc3ccccc3c2)c(OC)c1)C(F)(F)F. The molecule has 0 radical (unpaired) electrons. The van der Waals surface area contributed by atoms with Crippen molar-refractivity contribution in [2.75, 3.05) is 24.9 Å². The number of urea groups is 1. The first-order valence-electron chi connectivity index (χ1n) is 9.23. The zero-order valence-corrected chi connectivity index (χ0v) is 17.0. The number of hydrogen-bond acceptors (Lipinski definition) is 5. The van der Waals surface area contributed by atoms with Crippen LogP contribution >= 0.6 is 0 Å². The van der Waals surface area contributed by atoms with Crippen molar-refractivity contribution in [1.82, 2.24) is 0 Å². The molecule has 10 heteroatoms. The second kappa shape index (κ2) is 8.75. The number of nitrogens with one attached hydrogen (secondary N) is 2. The van der Waals surface area contributed by atoms with Crippen molar-refractivity contribution in [3.63, 3.8) is 0 Å². The lowest BCUT2D eigenvalue weighted by Gasteiger charge is -2.28. The fourth-order valence-corrected chi connectivity index (χ4v) is 3.12. The number of fused-ring (bicyclic) bond motifs is 1. The van der Waals surface area contributed by atoms with E-state index in [1.165, 1.54) is 0 Å². The molecule has 3 N–H and O–H groups in total. The van der Waals surface area contributed by atoms with Crippen LogP contribution in [-0.2, 0) is 15.1 Å². The van der Waals surface area contributed by atoms with Gasteiger partial charge in [-0.2, -0.15) is 13.2 Å². The highest BCUT2D eigenvalue weighted by atomic mass is 19.4. The van der Waals surface area contributed by atoms with Crippen LogP contribution in [0.25, 0.3) is 10.8 Å². The molecule has 3 aromatic rings. The van der Waals surface area contributed by atoms with Crippen molar-refractivity contribution in [3.8, 4) is 5.75 Å². The molecule has 0 saturated heterocycles. The third-order valence-electron chi connectivity index (χ3n) is 4.77. The van der Waals surface area contributed by atoms with E-state index in [9.17, 15) is 27.9 Å². The molecule has 2 amide bonds. The van der Waals surface area contributed by atoms with Crippen LogP contribution in [0.2, 0.25) is 0 Å². The molecule has 0 spiro atoms. The van der Waals surface area contributed by atoms with E-state index < -0.39 is 29.3 Å². The number of carbonyl (C=O) groups is 2. The minimum absolute atomic E-state index is 0.0175. The summed E-state index contributed by atoms with van der Waals surface area (Å²) in [5.74, 6) is -2.11. The normalized spacial score (nSPS) is 13.2. The van der Waals surface area contributed by atoms with Gasteiger partial charge in [0.25, 0.3) is 5.60 Å². The molecule has 3 aromatic carbocycles. The molecule has 0 heterocycles. The molecule has 0 unspecified atom stereocenters. The van der Waals surface area contributed by atoms with Crippen molar-refractivity contribution in [2.24, 2.45) is 0 Å². The Bertz CT molecular complexity index is 1170. The van der Waals surface area contributed by atoms with Gasteiger partial charge in [-0.3, -0.25) is 0 Å². The minimum atomic E-state index is -5.35. The molecule has 168 valence electrons. The predicted molar refractivity (Wildman–Crippen MR) is 112 cm³/mol. The highest BCUT2D eigenvalue weighted by Gasteiger charge is 2.62. The first-order chi connectivity index (χ1) is 15.1. The van der Waals surface area contributed by atoms with Gasteiger partial charge in [0.05, 0.1) is 19.9 Å². The van der Waals surface area contributed by atoms with Crippen LogP contribution < -0.4 is 15.4 Å². The number of esters is 1. The molecule has 0 aliphatic rings. The van der Waals surface area contributed by atoms with E-state index in [-0.39, 0.29) is 11.4 Å². The third-order valence-corrected chi connectivity index (χ3v) is 4.77. The van der Waals surface area contributed by atoms with Gasteiger partial charge in [-0.1, -0.05) is 36.4 Å². The molecule has 0 aliphatic carbocycles. The fourth-order valence-electron chi connectivity index (χ4n) is 3.12. The number of anilines is 2. The Labute approximate surface area is 180 Å². The van der Waals surface area contributed by atoms with Crippen LogP contribution in [0.15, 0.2) is 60.7 Å². The molecule has 0 fully saturated rings. The lowest BCUT2D eigenvalue weighted by molar-refractivity contribution is -0.266. The number of rotatable bonds is 5. The number of carbonyl (C=O) groups excluding carboxylic acids is 2. The molecule has 0 aliphatic heterocycles. The van der Waals surface area contributed by atoms with Gasteiger partial charge in [0.1, 0.15) is 5.75 Å². The molecule has 0 aromatic heterocycles. The highest BCUT2D eigenvalue weighted by Crippen LogP contribution is 2.42. The molecule has 3 rings (SSSR count). The number of amides is 2. The van der Waals surface area contributed by atoms with Crippen LogP contribution in [0.3, 0.4) is 0 Å². The van der Waals surface area contributed by atoms with E-state index in [0.29, 0.717) is 5.69 Å². The first kappa shape index (κ1) is 22.9. The van der Waals surface area contributed by atoms with Gasteiger partial charge >= 0.3 is 18.2 Å². The Morgan fingerprint density at radius 3 is 2.22 bits per heavy atom. The Morgan fingerprint density at radius 2 is 1.59 bits per heavy atom. The van der Waals surface area contributed by atoms with Crippen molar-refractivity contribution in [3.05, 3.63) is 66.2 Å². The lowest BCUT2D eigenvalue weighted by Crippen LogP contribution is -2.49. The Hall–Kier alpha value is -3.79. The third kappa shape index (κ3) is 4.30. The summed E-state index contributed by atoms with van der Waals surface area (Å²) in [6, 6.07) is 14.9. The zero-order chi connectivity index (χ0) is 23.5. The van der Waals surface area contributed by atoms with Crippen LogP contribution in [0.5, 0.6) is 5.75 Å². The van der Waals surface area contributed by atoms with Crippen LogP contribution in [0.4, 0.5) is 29.3 Å². The van der Waals surface area contributed by atoms with Gasteiger partial charge in [0.2, 0.25) is 0 Å². The number of hydrogen-bond donors (Lipinski definition) is 3. The highest BCUT2D eigenvalue weighted by molar-refractivity contribution is 6.02. The quantitative estimate of drug-likeness (QED) is 0.503.